The van der Waals surface area contributed by atoms with E-state index in [1.54, 1.807) is 0 Å². The molecule has 0 spiro atoms. The van der Waals surface area contributed by atoms with Crippen LogP contribution in [-0.2, 0) is 31.9 Å². The third kappa shape index (κ3) is 8.76. The van der Waals surface area contributed by atoms with Crippen LogP contribution in [0.2, 0.25) is 0 Å². The van der Waals surface area contributed by atoms with Crippen LogP contribution in [0.15, 0.2) is 146 Å². The smallest absolute Gasteiger partial charge is 0.0750 e. The number of aromatic nitrogens is 2. The molecule has 8 rings (SSSR count). The number of hydrogen-bond donors (Lipinski definition) is 0. The Bertz CT molecular complexity index is 2670. The van der Waals surface area contributed by atoms with E-state index in [0.717, 1.165) is 39.0 Å². The molecular weight excluding hydrogens is 1080 g/mol. The van der Waals surface area contributed by atoms with E-state index in [9.17, 15) is 0 Å². The SMILES string of the molecule is CC(C)c1ccnc(-c2[c-]c(Oc3[c-]c(-c4nccc5[c]([Bi]([c]6ccccc6)[c]6ccccc6)c6ccccc6cc45)cc(C(C)(C)C)c3)cc(C(C)(C)C)c2)c1.[Pt+2]. The van der Waals surface area contributed by atoms with E-state index in [1.165, 1.54) is 31.5 Å². The van der Waals surface area contributed by atoms with Gasteiger partial charge >= 0.3 is 300 Å². The Morgan fingerprint density at radius 2 is 1.10 bits per heavy atom. The Morgan fingerprint density at radius 3 is 1.71 bits per heavy atom. The zero-order chi connectivity index (χ0) is 39.9. The molecule has 58 heavy (non-hydrogen) atoms. The van der Waals surface area contributed by atoms with Crippen LogP contribution >= 0.6 is 0 Å². The Labute approximate surface area is 366 Å². The number of pyridine rings is 2. The molecule has 0 radical (unpaired) electrons. The van der Waals surface area contributed by atoms with Gasteiger partial charge in [0, 0.05) is 6.20 Å². The molecule has 2 heterocycles. The predicted octanol–water partition coefficient (Wildman–Crippen LogP) is 11.7. The number of benzene rings is 6. The third-order valence-electron chi connectivity index (χ3n) is 10.6. The van der Waals surface area contributed by atoms with Gasteiger partial charge in [0.15, 0.2) is 0 Å². The van der Waals surface area contributed by atoms with Gasteiger partial charge in [-0.2, -0.15) is 0 Å². The molecule has 0 aliphatic carbocycles. The number of ether oxygens (including phenoxy) is 1. The third-order valence-corrected chi connectivity index (χ3v) is 20.6. The molecule has 8 aromatic rings. The summed E-state index contributed by atoms with van der Waals surface area (Å²) < 4.78 is 11.2. The quantitative estimate of drug-likeness (QED) is 0.0864. The van der Waals surface area contributed by atoms with Crippen LogP contribution < -0.4 is 14.6 Å². The van der Waals surface area contributed by atoms with Gasteiger partial charge in [0.1, 0.15) is 0 Å². The van der Waals surface area contributed by atoms with Crippen LogP contribution in [0.4, 0.5) is 0 Å². The van der Waals surface area contributed by atoms with Crippen LogP contribution in [0.5, 0.6) is 11.5 Å². The van der Waals surface area contributed by atoms with Gasteiger partial charge in [-0.05, 0) is 12.0 Å². The molecule has 0 aliphatic heterocycles. The second-order valence-electron chi connectivity index (χ2n) is 17.2. The zero-order valence-electron chi connectivity index (χ0n) is 34.5. The van der Waals surface area contributed by atoms with Gasteiger partial charge in [-0.1, -0.05) is 46.2 Å². The van der Waals surface area contributed by atoms with Crippen molar-refractivity contribution in [3.63, 3.8) is 0 Å². The molecule has 0 saturated heterocycles. The summed E-state index contributed by atoms with van der Waals surface area (Å²) in [6, 6.07) is 56.0. The molecule has 0 aliphatic rings. The van der Waals surface area contributed by atoms with Gasteiger partial charge in [0.25, 0.3) is 0 Å². The summed E-state index contributed by atoms with van der Waals surface area (Å²) >= 11 is -2.86. The minimum Gasteiger partial charge on any atom is -0.0750 e. The fourth-order valence-corrected chi connectivity index (χ4v) is 17.6. The molecule has 0 unspecified atom stereocenters. The Balaban J connectivity index is 0.00000512. The molecular formula is C53H49BiN2OPt. The van der Waals surface area contributed by atoms with E-state index in [4.69, 9.17) is 14.7 Å². The second-order valence-corrected chi connectivity index (χ2v) is 25.6. The van der Waals surface area contributed by atoms with Gasteiger partial charge in [-0.3, -0.25) is 0 Å². The molecule has 3 nitrogen and oxygen atoms in total. The van der Waals surface area contributed by atoms with E-state index in [0.29, 0.717) is 17.4 Å². The molecule has 0 saturated carbocycles. The molecule has 0 atom stereocenters. The average Bonchev–Trinajstić information content (AvgIpc) is 3.20. The molecule has 2 aromatic heterocycles. The first-order chi connectivity index (χ1) is 27.3. The van der Waals surface area contributed by atoms with Crippen molar-refractivity contribution >= 4 is 53.1 Å². The summed E-state index contributed by atoms with van der Waals surface area (Å²) in [4.78, 5) is 9.92. The summed E-state index contributed by atoms with van der Waals surface area (Å²) in [6.45, 7) is 17.8. The molecule has 0 amide bonds. The van der Waals surface area contributed by atoms with Gasteiger partial charge in [0.05, 0.1) is 0 Å². The normalized spacial score (nSPS) is 12.0. The minimum absolute atomic E-state index is 0. The van der Waals surface area contributed by atoms with Crippen molar-refractivity contribution in [2.75, 3.05) is 0 Å². The van der Waals surface area contributed by atoms with Gasteiger partial charge in [-0.25, -0.2) is 0 Å². The summed E-state index contributed by atoms with van der Waals surface area (Å²) in [7, 11) is 0. The van der Waals surface area contributed by atoms with Gasteiger partial charge in [-0.15, -0.1) is 0 Å². The summed E-state index contributed by atoms with van der Waals surface area (Å²) in [6.07, 6.45) is 3.88. The van der Waals surface area contributed by atoms with E-state index in [1.807, 2.05) is 12.4 Å². The summed E-state index contributed by atoms with van der Waals surface area (Å²) in [5.41, 5.74) is 6.90. The number of nitrogens with zero attached hydrogens (tertiary/aromatic N) is 2. The first-order valence-corrected chi connectivity index (χ1v) is 25.1. The minimum atomic E-state index is -2.86. The van der Waals surface area contributed by atoms with Crippen LogP contribution in [0.25, 0.3) is 44.1 Å². The van der Waals surface area contributed by atoms with Crippen molar-refractivity contribution in [1.82, 2.24) is 9.97 Å². The van der Waals surface area contributed by atoms with Crippen LogP contribution in [0.1, 0.15) is 78.0 Å². The first kappa shape index (κ1) is 41.7. The fraction of sp³-hybridized carbons (Fsp3) is 0.208. The van der Waals surface area contributed by atoms with Crippen molar-refractivity contribution in [3.8, 4) is 34.0 Å². The first-order valence-electron chi connectivity index (χ1n) is 19.8. The number of fused-ring (bicyclic) bond motifs is 2. The van der Waals surface area contributed by atoms with Crippen molar-refractivity contribution in [2.45, 2.75) is 72.1 Å². The molecule has 0 N–H and O–H groups in total. The van der Waals surface area contributed by atoms with E-state index in [2.05, 4.69) is 201 Å². The zero-order valence-corrected chi connectivity index (χ0v) is 40.2. The van der Waals surface area contributed by atoms with Crippen molar-refractivity contribution in [1.29, 1.82) is 0 Å². The van der Waals surface area contributed by atoms with Gasteiger partial charge in [0.2, 0.25) is 0 Å². The topological polar surface area (TPSA) is 35.0 Å². The standard InChI is InChI=1S/C41H39N2O.2C6H5.Bi.Pt/c1-26(2)27-13-15-42-38(23-27)31-18-33(40(3,4)5)24-35(20-31)44-36-21-32(19-34(25-36)41(6,7)8)39-37-22-29-12-10-9-11-28(29)17-30(37)14-16-43-39;2*1-2-4-6-5-3-1;;/h9-16,18-19,22-26H,1-8H3;2*1-5H;;/q-2;;;;+2. The fourth-order valence-electron chi connectivity index (χ4n) is 7.38. The monoisotopic (exact) mass is 1130 g/mol. The van der Waals surface area contributed by atoms with Crippen molar-refractivity contribution in [2.24, 2.45) is 0 Å². The number of hydrogen-bond acceptors (Lipinski definition) is 3. The van der Waals surface area contributed by atoms with Crippen molar-refractivity contribution < 1.29 is 25.8 Å². The van der Waals surface area contributed by atoms with Crippen molar-refractivity contribution in [3.05, 3.63) is 175 Å². The molecule has 6 aromatic carbocycles. The van der Waals surface area contributed by atoms with Crippen LogP contribution in [0, 0.1) is 12.1 Å². The average molecular weight is 1130 g/mol. The Hall–Kier alpha value is -4.49. The van der Waals surface area contributed by atoms with E-state index in [-0.39, 0.29) is 31.9 Å². The Morgan fingerprint density at radius 1 is 0.552 bits per heavy atom. The molecule has 0 bridgehead atoms. The number of rotatable bonds is 8. The van der Waals surface area contributed by atoms with Crippen LogP contribution in [-0.4, -0.2) is 31.7 Å². The van der Waals surface area contributed by atoms with E-state index < -0.39 is 21.8 Å². The summed E-state index contributed by atoms with van der Waals surface area (Å²) in [5.74, 6) is 1.67. The maximum absolute atomic E-state index is 6.86. The maximum atomic E-state index is 6.86. The second kappa shape index (κ2) is 17.0. The summed E-state index contributed by atoms with van der Waals surface area (Å²) in [5, 5.41) is 4.93. The predicted molar refractivity (Wildman–Crippen MR) is 241 cm³/mol. The molecule has 5 heteroatoms. The Kier molecular flexibility index (Phi) is 12.2. The van der Waals surface area contributed by atoms with Crippen LogP contribution in [0.3, 0.4) is 0 Å². The van der Waals surface area contributed by atoms with Gasteiger partial charge < -0.3 is 4.98 Å². The molecule has 292 valence electrons. The molecule has 0 fully saturated rings. The van der Waals surface area contributed by atoms with E-state index >= 15 is 0 Å².